The molecule has 26 heavy (non-hydrogen) atoms. The largest absolute Gasteiger partial charge is 0.366 e. The van der Waals surface area contributed by atoms with Crippen LogP contribution in [0.3, 0.4) is 0 Å². The zero-order chi connectivity index (χ0) is 19.2. The average Bonchev–Trinajstić information content (AvgIpc) is 2.62. The fourth-order valence-corrected chi connectivity index (χ4v) is 3.39. The van der Waals surface area contributed by atoms with Gasteiger partial charge in [-0.05, 0) is 36.8 Å². The van der Waals surface area contributed by atoms with Crippen molar-refractivity contribution in [2.45, 2.75) is 24.7 Å². The standard InChI is InChI=1S/C18H21N3O4S/c1-2-3-11-20-26(24,25)14-8-6-7-13(12-14)18(23)21-16-10-5-4-9-15(16)17(19)22/h4-10,12,20H,2-3,11H2,1H3,(H2,19,22)(H,21,23). The van der Waals surface area contributed by atoms with E-state index >= 15 is 0 Å². The van der Waals surface area contributed by atoms with E-state index in [1.165, 1.54) is 30.3 Å². The number of amides is 2. The second-order valence-corrected chi connectivity index (χ2v) is 7.41. The summed E-state index contributed by atoms with van der Waals surface area (Å²) in [5.41, 5.74) is 5.88. The molecule has 2 aromatic rings. The monoisotopic (exact) mass is 375 g/mol. The summed E-state index contributed by atoms with van der Waals surface area (Å²) in [6.07, 6.45) is 1.59. The third-order valence-corrected chi connectivity index (χ3v) is 5.13. The molecular formula is C18H21N3O4S. The fraction of sp³-hybridized carbons (Fsp3) is 0.222. The highest BCUT2D eigenvalue weighted by Crippen LogP contribution is 2.17. The first-order chi connectivity index (χ1) is 12.3. The van der Waals surface area contributed by atoms with Crippen molar-refractivity contribution in [1.82, 2.24) is 4.72 Å². The van der Waals surface area contributed by atoms with Crippen LogP contribution in [0.5, 0.6) is 0 Å². The first-order valence-corrected chi connectivity index (χ1v) is 9.63. The summed E-state index contributed by atoms with van der Waals surface area (Å²) >= 11 is 0. The van der Waals surface area contributed by atoms with Crippen molar-refractivity contribution in [3.05, 3.63) is 59.7 Å². The molecule has 0 radical (unpaired) electrons. The van der Waals surface area contributed by atoms with E-state index in [1.807, 2.05) is 6.92 Å². The van der Waals surface area contributed by atoms with Crippen molar-refractivity contribution in [3.63, 3.8) is 0 Å². The minimum Gasteiger partial charge on any atom is -0.366 e. The Balaban J connectivity index is 2.22. The molecule has 0 aliphatic heterocycles. The SMILES string of the molecule is CCCCNS(=O)(=O)c1cccc(C(=O)Nc2ccccc2C(N)=O)c1. The molecule has 7 nitrogen and oxygen atoms in total. The number of primary amides is 1. The summed E-state index contributed by atoms with van der Waals surface area (Å²) in [5, 5.41) is 2.58. The number of sulfonamides is 1. The summed E-state index contributed by atoms with van der Waals surface area (Å²) in [6.45, 7) is 2.30. The van der Waals surface area contributed by atoms with Crippen molar-refractivity contribution < 1.29 is 18.0 Å². The highest BCUT2D eigenvalue weighted by atomic mass is 32.2. The molecule has 0 spiro atoms. The predicted octanol–water partition coefficient (Wildman–Crippen LogP) is 2.12. The Bertz CT molecular complexity index is 910. The van der Waals surface area contributed by atoms with Crippen molar-refractivity contribution in [2.24, 2.45) is 5.73 Å². The van der Waals surface area contributed by atoms with E-state index in [1.54, 1.807) is 18.2 Å². The van der Waals surface area contributed by atoms with Crippen LogP contribution in [0, 0.1) is 0 Å². The number of rotatable bonds is 8. The average molecular weight is 375 g/mol. The first kappa shape index (κ1) is 19.6. The van der Waals surface area contributed by atoms with Crippen LogP contribution in [0.4, 0.5) is 5.69 Å². The number of carbonyl (C=O) groups is 2. The third-order valence-electron chi connectivity index (χ3n) is 3.67. The number of unbranched alkanes of at least 4 members (excludes halogenated alkanes) is 1. The number of para-hydroxylation sites is 1. The summed E-state index contributed by atoms with van der Waals surface area (Å²) in [5.74, 6) is -1.21. The molecule has 0 aromatic heterocycles. The molecule has 0 bridgehead atoms. The van der Waals surface area contributed by atoms with Crippen LogP contribution in [-0.4, -0.2) is 26.8 Å². The van der Waals surface area contributed by atoms with Crippen LogP contribution in [0.15, 0.2) is 53.4 Å². The van der Waals surface area contributed by atoms with Gasteiger partial charge in [0.05, 0.1) is 16.1 Å². The quantitative estimate of drug-likeness (QED) is 0.612. The lowest BCUT2D eigenvalue weighted by atomic mass is 10.1. The Morgan fingerprint density at radius 1 is 1.08 bits per heavy atom. The second kappa shape index (κ2) is 8.59. The number of nitrogens with one attached hydrogen (secondary N) is 2. The lowest BCUT2D eigenvalue weighted by Crippen LogP contribution is -2.25. The van der Waals surface area contributed by atoms with E-state index in [-0.39, 0.29) is 21.7 Å². The van der Waals surface area contributed by atoms with Gasteiger partial charge in [-0.1, -0.05) is 31.5 Å². The first-order valence-electron chi connectivity index (χ1n) is 8.15. The number of hydrogen-bond acceptors (Lipinski definition) is 4. The van der Waals surface area contributed by atoms with E-state index in [0.717, 1.165) is 12.8 Å². The molecule has 2 amide bonds. The number of carbonyl (C=O) groups excluding carboxylic acids is 2. The maximum absolute atomic E-state index is 12.4. The van der Waals surface area contributed by atoms with Gasteiger partial charge in [0.1, 0.15) is 0 Å². The molecule has 2 rings (SSSR count). The Morgan fingerprint density at radius 2 is 1.81 bits per heavy atom. The van der Waals surface area contributed by atoms with E-state index in [0.29, 0.717) is 6.54 Å². The van der Waals surface area contributed by atoms with Gasteiger partial charge >= 0.3 is 0 Å². The van der Waals surface area contributed by atoms with Crippen molar-refractivity contribution >= 4 is 27.5 Å². The van der Waals surface area contributed by atoms with Crippen LogP contribution < -0.4 is 15.8 Å². The highest BCUT2D eigenvalue weighted by Gasteiger charge is 2.17. The minimum atomic E-state index is -3.69. The smallest absolute Gasteiger partial charge is 0.255 e. The summed E-state index contributed by atoms with van der Waals surface area (Å²) in [6, 6.07) is 12.0. The van der Waals surface area contributed by atoms with E-state index < -0.39 is 21.8 Å². The molecular weight excluding hydrogens is 354 g/mol. The van der Waals surface area contributed by atoms with Crippen LogP contribution in [-0.2, 0) is 10.0 Å². The molecule has 138 valence electrons. The molecule has 0 aliphatic carbocycles. The molecule has 0 unspecified atom stereocenters. The normalized spacial score (nSPS) is 11.1. The maximum Gasteiger partial charge on any atom is 0.255 e. The van der Waals surface area contributed by atoms with Gasteiger partial charge in [0, 0.05) is 12.1 Å². The number of anilines is 1. The maximum atomic E-state index is 12.4. The Kier molecular flexibility index (Phi) is 6.48. The van der Waals surface area contributed by atoms with Gasteiger partial charge in [0.2, 0.25) is 10.0 Å². The Hall–Kier alpha value is -2.71. The molecule has 0 saturated heterocycles. The second-order valence-electron chi connectivity index (χ2n) is 5.64. The van der Waals surface area contributed by atoms with Crippen LogP contribution in [0.25, 0.3) is 0 Å². The van der Waals surface area contributed by atoms with Crippen LogP contribution in [0.2, 0.25) is 0 Å². The third kappa shape index (κ3) is 4.90. The van der Waals surface area contributed by atoms with Crippen molar-refractivity contribution in [3.8, 4) is 0 Å². The van der Waals surface area contributed by atoms with Crippen molar-refractivity contribution in [2.75, 3.05) is 11.9 Å². The van der Waals surface area contributed by atoms with Gasteiger partial charge in [-0.25, -0.2) is 13.1 Å². The molecule has 2 aromatic carbocycles. The van der Waals surface area contributed by atoms with Gasteiger partial charge in [-0.15, -0.1) is 0 Å². The summed E-state index contributed by atoms with van der Waals surface area (Å²) in [7, 11) is -3.69. The van der Waals surface area contributed by atoms with Gasteiger partial charge in [0.25, 0.3) is 11.8 Å². The topological polar surface area (TPSA) is 118 Å². The number of nitrogens with two attached hydrogens (primary N) is 1. The highest BCUT2D eigenvalue weighted by molar-refractivity contribution is 7.89. The summed E-state index contributed by atoms with van der Waals surface area (Å²) < 4.78 is 27.1. The fourth-order valence-electron chi connectivity index (χ4n) is 2.27. The van der Waals surface area contributed by atoms with Gasteiger partial charge in [-0.3, -0.25) is 9.59 Å². The Morgan fingerprint density at radius 3 is 2.50 bits per heavy atom. The van der Waals surface area contributed by atoms with Crippen LogP contribution in [0.1, 0.15) is 40.5 Å². The molecule has 0 heterocycles. The lowest BCUT2D eigenvalue weighted by molar-refractivity contribution is 0.100. The molecule has 0 saturated carbocycles. The minimum absolute atomic E-state index is 0.00411. The van der Waals surface area contributed by atoms with Gasteiger partial charge in [0.15, 0.2) is 0 Å². The molecule has 8 heteroatoms. The Labute approximate surface area is 152 Å². The molecule has 4 N–H and O–H groups in total. The molecule has 0 fully saturated rings. The number of hydrogen-bond donors (Lipinski definition) is 3. The molecule has 0 aliphatic rings. The predicted molar refractivity (Wildman–Crippen MR) is 99.5 cm³/mol. The van der Waals surface area contributed by atoms with E-state index in [9.17, 15) is 18.0 Å². The van der Waals surface area contributed by atoms with Gasteiger partial charge < -0.3 is 11.1 Å². The van der Waals surface area contributed by atoms with Crippen molar-refractivity contribution in [1.29, 1.82) is 0 Å². The molecule has 0 atom stereocenters. The van der Waals surface area contributed by atoms with E-state index in [4.69, 9.17) is 5.73 Å². The van der Waals surface area contributed by atoms with E-state index in [2.05, 4.69) is 10.0 Å². The summed E-state index contributed by atoms with van der Waals surface area (Å²) in [4.78, 5) is 23.9. The van der Waals surface area contributed by atoms with Gasteiger partial charge in [-0.2, -0.15) is 0 Å². The van der Waals surface area contributed by atoms with Crippen LogP contribution >= 0.6 is 0 Å². The number of benzene rings is 2. The zero-order valence-corrected chi connectivity index (χ0v) is 15.2. The lowest BCUT2D eigenvalue weighted by Gasteiger charge is -2.10. The zero-order valence-electron chi connectivity index (χ0n) is 14.4.